The smallest absolute Gasteiger partial charge is 0.408 e. The summed E-state index contributed by atoms with van der Waals surface area (Å²) < 4.78 is 15.3. The molecule has 0 aliphatic rings. The van der Waals surface area contributed by atoms with Gasteiger partial charge in [0.25, 0.3) is 0 Å². The van der Waals surface area contributed by atoms with Gasteiger partial charge in [-0.1, -0.05) is 24.3 Å². The maximum absolute atomic E-state index is 12.0. The minimum atomic E-state index is -0.878. The molecule has 0 fully saturated rings. The monoisotopic (exact) mass is 393 g/mol. The summed E-state index contributed by atoms with van der Waals surface area (Å²) in [6.45, 7) is 10.7. The Morgan fingerprint density at radius 2 is 1.39 bits per heavy atom. The molecule has 1 unspecified atom stereocenters. The van der Waals surface area contributed by atoms with Gasteiger partial charge in [0.2, 0.25) is 0 Å². The lowest BCUT2D eigenvalue weighted by atomic mass is 10.0. The zero-order valence-corrected chi connectivity index (χ0v) is 17.8. The van der Waals surface area contributed by atoms with Gasteiger partial charge >= 0.3 is 18.0 Å². The molecule has 0 saturated heterocycles. The van der Waals surface area contributed by atoms with E-state index < -0.39 is 29.3 Å². The Morgan fingerprint density at radius 3 is 1.86 bits per heavy atom. The Balaban J connectivity index is 2.75. The van der Waals surface area contributed by atoms with E-state index in [2.05, 4.69) is 5.32 Å². The maximum Gasteiger partial charge on any atom is 0.408 e. The van der Waals surface area contributed by atoms with Gasteiger partial charge in [0.05, 0.1) is 13.5 Å². The number of benzene rings is 1. The molecule has 1 atom stereocenters. The zero-order valence-electron chi connectivity index (χ0n) is 17.8. The van der Waals surface area contributed by atoms with Crippen LogP contribution in [-0.2, 0) is 36.6 Å². The van der Waals surface area contributed by atoms with Crippen LogP contribution in [0.2, 0.25) is 0 Å². The molecule has 0 aromatic heterocycles. The van der Waals surface area contributed by atoms with Crippen molar-refractivity contribution in [2.75, 3.05) is 7.11 Å². The van der Waals surface area contributed by atoms with Crippen LogP contribution in [0.3, 0.4) is 0 Å². The first-order chi connectivity index (χ1) is 12.8. The summed E-state index contributed by atoms with van der Waals surface area (Å²) in [4.78, 5) is 35.9. The van der Waals surface area contributed by atoms with Crippen molar-refractivity contribution in [2.45, 2.75) is 71.6 Å². The lowest BCUT2D eigenvalue weighted by Gasteiger charge is -2.22. The standard InChI is InChI=1S/C21H31NO6/c1-20(2,3)27-17(23)13-15-10-8-14(9-11-15)12-16(18(24)26-7)22-19(25)28-21(4,5)6/h8-11,16H,12-13H2,1-7H3,(H,22,25). The van der Waals surface area contributed by atoms with Gasteiger partial charge in [-0.3, -0.25) is 4.79 Å². The molecular weight excluding hydrogens is 362 g/mol. The normalized spacial score (nSPS) is 12.7. The minimum Gasteiger partial charge on any atom is -0.467 e. The third-order valence-corrected chi connectivity index (χ3v) is 3.41. The van der Waals surface area contributed by atoms with Gasteiger partial charge in [-0.25, -0.2) is 9.59 Å². The van der Waals surface area contributed by atoms with Crippen LogP contribution >= 0.6 is 0 Å². The third kappa shape index (κ3) is 9.39. The Hall–Kier alpha value is -2.57. The van der Waals surface area contributed by atoms with Crippen molar-refractivity contribution < 1.29 is 28.6 Å². The number of hydrogen-bond acceptors (Lipinski definition) is 6. The molecule has 1 aromatic carbocycles. The van der Waals surface area contributed by atoms with Gasteiger partial charge in [-0.05, 0) is 52.7 Å². The molecule has 0 spiro atoms. The zero-order chi connectivity index (χ0) is 21.5. The Labute approximate surface area is 166 Å². The predicted molar refractivity (Wildman–Crippen MR) is 105 cm³/mol. The highest BCUT2D eigenvalue weighted by atomic mass is 16.6. The number of alkyl carbamates (subject to hydrolysis) is 1. The van der Waals surface area contributed by atoms with Crippen molar-refractivity contribution in [3.05, 3.63) is 35.4 Å². The molecule has 0 aliphatic heterocycles. The number of amides is 1. The second-order valence-corrected chi connectivity index (χ2v) is 8.51. The second-order valence-electron chi connectivity index (χ2n) is 8.51. The third-order valence-electron chi connectivity index (χ3n) is 3.41. The average molecular weight is 393 g/mol. The molecule has 28 heavy (non-hydrogen) atoms. The molecule has 0 saturated carbocycles. The SMILES string of the molecule is COC(=O)C(Cc1ccc(CC(=O)OC(C)(C)C)cc1)NC(=O)OC(C)(C)C. The molecule has 0 bridgehead atoms. The van der Waals surface area contributed by atoms with Crippen LogP contribution in [-0.4, -0.2) is 42.4 Å². The molecule has 7 nitrogen and oxygen atoms in total. The molecule has 0 aliphatic carbocycles. The fourth-order valence-corrected chi connectivity index (χ4v) is 2.36. The highest BCUT2D eigenvalue weighted by molar-refractivity contribution is 5.81. The second kappa shape index (κ2) is 9.57. The molecular formula is C21H31NO6. The Morgan fingerprint density at radius 1 is 0.893 bits per heavy atom. The van der Waals surface area contributed by atoms with Crippen LogP contribution in [0, 0.1) is 0 Å². The van der Waals surface area contributed by atoms with Crippen molar-refractivity contribution in [1.82, 2.24) is 5.32 Å². The number of carbonyl (C=O) groups excluding carboxylic acids is 3. The van der Waals surface area contributed by atoms with E-state index >= 15 is 0 Å². The van der Waals surface area contributed by atoms with Crippen LogP contribution in [0.5, 0.6) is 0 Å². The summed E-state index contributed by atoms with van der Waals surface area (Å²) >= 11 is 0. The topological polar surface area (TPSA) is 90.9 Å². The first-order valence-corrected chi connectivity index (χ1v) is 9.16. The van der Waals surface area contributed by atoms with E-state index in [9.17, 15) is 14.4 Å². The number of hydrogen-bond donors (Lipinski definition) is 1. The first-order valence-electron chi connectivity index (χ1n) is 9.16. The number of esters is 2. The van der Waals surface area contributed by atoms with Crippen molar-refractivity contribution >= 4 is 18.0 Å². The average Bonchev–Trinajstić information content (AvgIpc) is 2.51. The van der Waals surface area contributed by atoms with Crippen molar-refractivity contribution in [1.29, 1.82) is 0 Å². The lowest BCUT2D eigenvalue weighted by molar-refractivity contribution is -0.154. The predicted octanol–water partition coefficient (Wildman–Crippen LogP) is 3.18. The van der Waals surface area contributed by atoms with Crippen LogP contribution in [0.4, 0.5) is 4.79 Å². The van der Waals surface area contributed by atoms with Gasteiger partial charge in [-0.2, -0.15) is 0 Å². The Kier molecular flexibility index (Phi) is 8.02. The molecule has 1 amide bonds. The molecule has 1 aromatic rings. The van der Waals surface area contributed by atoms with Gasteiger partial charge in [-0.15, -0.1) is 0 Å². The molecule has 0 heterocycles. The summed E-state index contributed by atoms with van der Waals surface area (Å²) in [5, 5.41) is 2.54. The van der Waals surface area contributed by atoms with Crippen LogP contribution in [0.15, 0.2) is 24.3 Å². The van der Waals surface area contributed by atoms with Gasteiger partial charge in [0.15, 0.2) is 0 Å². The fraction of sp³-hybridized carbons (Fsp3) is 0.571. The number of methoxy groups -OCH3 is 1. The van der Waals surface area contributed by atoms with Crippen molar-refractivity contribution in [2.24, 2.45) is 0 Å². The summed E-state index contributed by atoms with van der Waals surface area (Å²) in [6, 6.07) is 6.30. The molecule has 0 radical (unpaired) electrons. The maximum atomic E-state index is 12.0. The van der Waals surface area contributed by atoms with Crippen molar-refractivity contribution in [3.8, 4) is 0 Å². The number of carbonyl (C=O) groups is 3. The fourth-order valence-electron chi connectivity index (χ4n) is 2.36. The minimum absolute atomic E-state index is 0.161. The highest BCUT2D eigenvalue weighted by Gasteiger charge is 2.25. The molecule has 156 valence electrons. The van der Waals surface area contributed by atoms with E-state index in [-0.39, 0.29) is 18.8 Å². The highest BCUT2D eigenvalue weighted by Crippen LogP contribution is 2.13. The van der Waals surface area contributed by atoms with E-state index in [4.69, 9.17) is 14.2 Å². The molecule has 1 N–H and O–H groups in total. The van der Waals surface area contributed by atoms with Gasteiger partial charge in [0, 0.05) is 6.42 Å². The lowest BCUT2D eigenvalue weighted by Crippen LogP contribution is -2.45. The van der Waals surface area contributed by atoms with Gasteiger partial charge < -0.3 is 19.5 Å². The van der Waals surface area contributed by atoms with Crippen LogP contribution < -0.4 is 5.32 Å². The summed E-state index contributed by atoms with van der Waals surface area (Å²) in [5.41, 5.74) is 0.402. The van der Waals surface area contributed by atoms with E-state index in [1.807, 2.05) is 20.8 Å². The molecule has 1 rings (SSSR count). The van der Waals surface area contributed by atoms with E-state index in [0.29, 0.717) is 0 Å². The molecule has 7 heteroatoms. The van der Waals surface area contributed by atoms with E-state index in [0.717, 1.165) is 11.1 Å². The number of ether oxygens (including phenoxy) is 3. The quantitative estimate of drug-likeness (QED) is 0.590. The number of nitrogens with one attached hydrogen (secondary N) is 1. The van der Waals surface area contributed by atoms with Gasteiger partial charge in [0.1, 0.15) is 17.2 Å². The summed E-state index contributed by atoms with van der Waals surface area (Å²) in [5.74, 6) is -0.872. The summed E-state index contributed by atoms with van der Waals surface area (Å²) in [7, 11) is 1.26. The van der Waals surface area contributed by atoms with Crippen molar-refractivity contribution in [3.63, 3.8) is 0 Å². The van der Waals surface area contributed by atoms with E-state index in [1.54, 1.807) is 45.0 Å². The Bertz CT molecular complexity index is 682. The van der Waals surface area contributed by atoms with E-state index in [1.165, 1.54) is 7.11 Å². The van der Waals surface area contributed by atoms with Crippen LogP contribution in [0.1, 0.15) is 52.7 Å². The largest absolute Gasteiger partial charge is 0.467 e. The summed E-state index contributed by atoms with van der Waals surface area (Å²) in [6.07, 6.45) is -0.295. The number of rotatable bonds is 6. The van der Waals surface area contributed by atoms with Crippen LogP contribution in [0.25, 0.3) is 0 Å². The first kappa shape index (κ1) is 23.5.